The molecule has 0 radical (unpaired) electrons. The molecule has 0 bridgehead atoms. The van der Waals surface area contributed by atoms with Crippen molar-refractivity contribution >= 4 is 5.97 Å². The van der Waals surface area contributed by atoms with Crippen LogP contribution in [-0.2, 0) is 4.79 Å². The Labute approximate surface area is 112 Å². The van der Waals surface area contributed by atoms with Crippen LogP contribution in [-0.4, -0.2) is 60.1 Å². The molecule has 0 amide bonds. The van der Waals surface area contributed by atoms with Crippen molar-refractivity contribution in [1.82, 2.24) is 9.80 Å². The number of rotatable bonds is 11. The van der Waals surface area contributed by atoms with Crippen LogP contribution in [0.15, 0.2) is 0 Å². The molecule has 0 aliphatic rings. The van der Waals surface area contributed by atoms with Crippen molar-refractivity contribution in [3.8, 4) is 0 Å². The highest BCUT2D eigenvalue weighted by Crippen LogP contribution is 2.03. The molecule has 0 aromatic heterocycles. The van der Waals surface area contributed by atoms with Gasteiger partial charge in [0.2, 0.25) is 0 Å². The number of aliphatic carboxylic acids is 1. The molecule has 0 aliphatic carbocycles. The largest absolute Gasteiger partial charge is 0.481 e. The number of carboxylic acid groups (broad SMARTS) is 1. The van der Waals surface area contributed by atoms with Gasteiger partial charge in [0, 0.05) is 6.54 Å². The van der Waals surface area contributed by atoms with E-state index in [2.05, 4.69) is 30.6 Å². The van der Waals surface area contributed by atoms with Crippen molar-refractivity contribution < 1.29 is 9.90 Å². The molecule has 0 fully saturated rings. The van der Waals surface area contributed by atoms with E-state index in [4.69, 9.17) is 5.11 Å². The highest BCUT2D eigenvalue weighted by Gasteiger charge is 2.14. The quantitative estimate of drug-likeness (QED) is 0.577. The first-order valence-corrected chi connectivity index (χ1v) is 7.22. The van der Waals surface area contributed by atoms with Crippen molar-refractivity contribution in [3.05, 3.63) is 0 Å². The highest BCUT2D eigenvalue weighted by molar-refractivity contribution is 5.69. The summed E-state index contributed by atoms with van der Waals surface area (Å²) in [6, 6.07) is 0. The molecule has 4 heteroatoms. The van der Waals surface area contributed by atoms with E-state index in [1.165, 1.54) is 6.42 Å². The molecular formula is C14H30N2O2. The number of unbranched alkanes of at least 4 members (excludes halogenated alkanes) is 1. The summed E-state index contributed by atoms with van der Waals surface area (Å²) >= 11 is 0. The standard InChI is InChI=1S/C14H30N2O2/c1-5-15(6-2)10-8-9-11-16(7-3)12-13(4)14(17)18/h13H,5-12H2,1-4H3,(H,17,18). The molecule has 1 atom stereocenters. The molecule has 0 aromatic rings. The van der Waals surface area contributed by atoms with E-state index >= 15 is 0 Å². The fourth-order valence-corrected chi connectivity index (χ4v) is 2.05. The van der Waals surface area contributed by atoms with E-state index in [1.54, 1.807) is 6.92 Å². The lowest BCUT2D eigenvalue weighted by Gasteiger charge is -2.23. The zero-order valence-corrected chi connectivity index (χ0v) is 12.5. The molecule has 0 rings (SSSR count). The van der Waals surface area contributed by atoms with Gasteiger partial charge in [-0.05, 0) is 45.6 Å². The maximum Gasteiger partial charge on any atom is 0.307 e. The predicted molar refractivity (Wildman–Crippen MR) is 75.9 cm³/mol. The maximum absolute atomic E-state index is 10.8. The molecule has 1 N–H and O–H groups in total. The zero-order valence-electron chi connectivity index (χ0n) is 12.5. The van der Waals surface area contributed by atoms with E-state index in [-0.39, 0.29) is 5.92 Å². The molecule has 18 heavy (non-hydrogen) atoms. The topological polar surface area (TPSA) is 43.8 Å². The van der Waals surface area contributed by atoms with E-state index in [0.29, 0.717) is 6.54 Å². The fraction of sp³-hybridized carbons (Fsp3) is 0.929. The van der Waals surface area contributed by atoms with E-state index in [0.717, 1.165) is 39.1 Å². The second-order valence-electron chi connectivity index (χ2n) is 4.87. The Hall–Kier alpha value is -0.610. The fourth-order valence-electron chi connectivity index (χ4n) is 2.05. The first kappa shape index (κ1) is 17.4. The van der Waals surface area contributed by atoms with Crippen molar-refractivity contribution in [2.75, 3.05) is 39.3 Å². The minimum absolute atomic E-state index is 0.271. The average Bonchev–Trinajstić information content (AvgIpc) is 2.37. The molecule has 0 aliphatic heterocycles. The molecule has 0 spiro atoms. The minimum atomic E-state index is -0.698. The van der Waals surface area contributed by atoms with Crippen molar-refractivity contribution in [1.29, 1.82) is 0 Å². The predicted octanol–water partition coefficient (Wildman–Crippen LogP) is 2.15. The first-order chi connectivity index (χ1) is 8.54. The maximum atomic E-state index is 10.8. The molecule has 1 unspecified atom stereocenters. The summed E-state index contributed by atoms with van der Waals surface area (Å²) < 4.78 is 0. The number of nitrogens with zero attached hydrogens (tertiary/aromatic N) is 2. The van der Waals surface area contributed by atoms with E-state index < -0.39 is 5.97 Å². The summed E-state index contributed by atoms with van der Waals surface area (Å²) in [6.07, 6.45) is 2.34. The summed E-state index contributed by atoms with van der Waals surface area (Å²) in [5.74, 6) is -0.968. The Morgan fingerprint density at radius 1 is 1.00 bits per heavy atom. The number of hydrogen-bond donors (Lipinski definition) is 1. The lowest BCUT2D eigenvalue weighted by Crippen LogP contribution is -2.33. The molecule has 0 saturated heterocycles. The first-order valence-electron chi connectivity index (χ1n) is 7.22. The van der Waals surface area contributed by atoms with Crippen LogP contribution < -0.4 is 0 Å². The smallest absolute Gasteiger partial charge is 0.307 e. The van der Waals surface area contributed by atoms with Crippen molar-refractivity contribution in [3.63, 3.8) is 0 Å². The van der Waals surface area contributed by atoms with Crippen LogP contribution in [0.1, 0.15) is 40.5 Å². The van der Waals surface area contributed by atoms with E-state index in [9.17, 15) is 4.79 Å². The third kappa shape index (κ3) is 7.67. The van der Waals surface area contributed by atoms with Gasteiger partial charge in [-0.15, -0.1) is 0 Å². The van der Waals surface area contributed by atoms with Gasteiger partial charge in [-0.3, -0.25) is 4.79 Å². The average molecular weight is 258 g/mol. The van der Waals surface area contributed by atoms with Gasteiger partial charge in [0.05, 0.1) is 5.92 Å². The van der Waals surface area contributed by atoms with Crippen LogP contribution in [0, 0.1) is 5.92 Å². The Balaban J connectivity index is 3.77. The summed E-state index contributed by atoms with van der Waals surface area (Å²) in [4.78, 5) is 15.5. The third-order valence-corrected chi connectivity index (χ3v) is 3.49. The van der Waals surface area contributed by atoms with Gasteiger partial charge in [0.15, 0.2) is 0 Å². The lowest BCUT2D eigenvalue weighted by atomic mass is 10.1. The van der Waals surface area contributed by atoms with Crippen LogP contribution in [0.5, 0.6) is 0 Å². The molecule has 108 valence electrons. The van der Waals surface area contributed by atoms with Crippen LogP contribution in [0.2, 0.25) is 0 Å². The number of hydrogen-bond acceptors (Lipinski definition) is 3. The molecule has 4 nitrogen and oxygen atoms in total. The number of carboxylic acids is 1. The Morgan fingerprint density at radius 3 is 1.83 bits per heavy atom. The Kier molecular flexibility index (Phi) is 9.98. The molecule has 0 aromatic carbocycles. The van der Waals surface area contributed by atoms with Crippen molar-refractivity contribution in [2.45, 2.75) is 40.5 Å². The minimum Gasteiger partial charge on any atom is -0.481 e. The summed E-state index contributed by atoms with van der Waals surface area (Å²) in [5, 5.41) is 8.90. The SMILES string of the molecule is CCN(CC)CCCCN(CC)CC(C)C(=O)O. The lowest BCUT2D eigenvalue weighted by molar-refractivity contribution is -0.141. The highest BCUT2D eigenvalue weighted by atomic mass is 16.4. The van der Waals surface area contributed by atoms with Crippen LogP contribution in [0.3, 0.4) is 0 Å². The zero-order chi connectivity index (χ0) is 14.0. The molecule has 0 saturated carbocycles. The normalized spacial score (nSPS) is 13.2. The van der Waals surface area contributed by atoms with Crippen LogP contribution >= 0.6 is 0 Å². The van der Waals surface area contributed by atoms with Crippen LogP contribution in [0.4, 0.5) is 0 Å². The molecule has 0 heterocycles. The second-order valence-corrected chi connectivity index (χ2v) is 4.87. The van der Waals surface area contributed by atoms with Gasteiger partial charge in [-0.1, -0.05) is 27.7 Å². The van der Waals surface area contributed by atoms with Gasteiger partial charge < -0.3 is 14.9 Å². The van der Waals surface area contributed by atoms with Gasteiger partial charge in [0.1, 0.15) is 0 Å². The van der Waals surface area contributed by atoms with Gasteiger partial charge in [-0.25, -0.2) is 0 Å². The van der Waals surface area contributed by atoms with Gasteiger partial charge >= 0.3 is 5.97 Å². The second kappa shape index (κ2) is 10.3. The van der Waals surface area contributed by atoms with Gasteiger partial charge in [-0.2, -0.15) is 0 Å². The summed E-state index contributed by atoms with van der Waals surface area (Å²) in [6.45, 7) is 14.2. The summed E-state index contributed by atoms with van der Waals surface area (Å²) in [5.41, 5.74) is 0. The number of carbonyl (C=O) groups is 1. The molecular weight excluding hydrogens is 228 g/mol. The van der Waals surface area contributed by atoms with Crippen molar-refractivity contribution in [2.24, 2.45) is 5.92 Å². The Bertz CT molecular complexity index is 218. The Morgan fingerprint density at radius 2 is 1.44 bits per heavy atom. The third-order valence-electron chi connectivity index (χ3n) is 3.49. The van der Waals surface area contributed by atoms with Gasteiger partial charge in [0.25, 0.3) is 0 Å². The summed E-state index contributed by atoms with van der Waals surface area (Å²) in [7, 11) is 0. The van der Waals surface area contributed by atoms with E-state index in [1.807, 2.05) is 0 Å². The van der Waals surface area contributed by atoms with Crippen LogP contribution in [0.25, 0.3) is 0 Å². The monoisotopic (exact) mass is 258 g/mol.